The van der Waals surface area contributed by atoms with Gasteiger partial charge in [0.05, 0.1) is 5.75 Å². The topological polar surface area (TPSA) is 49.3 Å². The van der Waals surface area contributed by atoms with Crippen molar-refractivity contribution in [2.45, 2.75) is 37.5 Å². The van der Waals surface area contributed by atoms with Crippen LogP contribution in [0.4, 0.5) is 0 Å². The molecular formula is C15H23NO2S. The third-order valence-electron chi connectivity index (χ3n) is 2.75. The molecule has 1 aromatic carbocycles. The van der Waals surface area contributed by atoms with Gasteiger partial charge in [0, 0.05) is 18.0 Å². The summed E-state index contributed by atoms with van der Waals surface area (Å²) in [6.07, 6.45) is 0.608. The standard InChI is InChI=1S/C15H23NO2S/c1-15(2,3)12-5-7-13(8-6-12)19-11-14(18)16-9-4-10-17/h5-8,17H,4,9-11H2,1-3H3,(H,16,18). The molecule has 1 aromatic rings. The number of thioether (sulfide) groups is 1. The monoisotopic (exact) mass is 281 g/mol. The molecule has 106 valence electrons. The fourth-order valence-electron chi connectivity index (χ4n) is 1.56. The van der Waals surface area contributed by atoms with Crippen LogP contribution < -0.4 is 5.32 Å². The molecule has 0 heterocycles. The van der Waals surface area contributed by atoms with Gasteiger partial charge in [0.1, 0.15) is 0 Å². The van der Waals surface area contributed by atoms with Gasteiger partial charge >= 0.3 is 0 Å². The summed E-state index contributed by atoms with van der Waals surface area (Å²) in [7, 11) is 0. The summed E-state index contributed by atoms with van der Waals surface area (Å²) < 4.78 is 0. The molecule has 0 radical (unpaired) electrons. The Morgan fingerprint density at radius 2 is 1.89 bits per heavy atom. The van der Waals surface area contributed by atoms with E-state index >= 15 is 0 Å². The molecule has 19 heavy (non-hydrogen) atoms. The van der Waals surface area contributed by atoms with E-state index in [2.05, 4.69) is 50.4 Å². The zero-order chi connectivity index (χ0) is 14.3. The fourth-order valence-corrected chi connectivity index (χ4v) is 2.29. The minimum absolute atomic E-state index is 0.0124. The summed E-state index contributed by atoms with van der Waals surface area (Å²) >= 11 is 1.53. The lowest BCUT2D eigenvalue weighted by atomic mass is 9.87. The van der Waals surface area contributed by atoms with Crippen molar-refractivity contribution in [1.82, 2.24) is 5.32 Å². The molecule has 0 saturated carbocycles. The molecule has 4 heteroatoms. The first kappa shape index (κ1) is 16.1. The number of rotatable bonds is 6. The molecule has 1 amide bonds. The van der Waals surface area contributed by atoms with Crippen molar-refractivity contribution in [1.29, 1.82) is 0 Å². The second kappa shape index (κ2) is 7.56. The minimum Gasteiger partial charge on any atom is -0.396 e. The molecule has 0 aliphatic carbocycles. The SMILES string of the molecule is CC(C)(C)c1ccc(SCC(=O)NCCCO)cc1. The van der Waals surface area contributed by atoms with Gasteiger partial charge in [0.25, 0.3) is 0 Å². The van der Waals surface area contributed by atoms with E-state index < -0.39 is 0 Å². The highest BCUT2D eigenvalue weighted by atomic mass is 32.2. The summed E-state index contributed by atoms with van der Waals surface area (Å²) in [5.74, 6) is 0.429. The third kappa shape index (κ3) is 6.12. The number of carbonyl (C=O) groups is 1. The first-order valence-electron chi connectivity index (χ1n) is 6.54. The van der Waals surface area contributed by atoms with Crippen LogP contribution in [0.2, 0.25) is 0 Å². The summed E-state index contributed by atoms with van der Waals surface area (Å²) in [5, 5.41) is 11.4. The molecule has 0 bridgehead atoms. The van der Waals surface area contributed by atoms with Crippen molar-refractivity contribution in [3.05, 3.63) is 29.8 Å². The second-order valence-electron chi connectivity index (χ2n) is 5.49. The van der Waals surface area contributed by atoms with Gasteiger partial charge in [0.2, 0.25) is 5.91 Å². The molecule has 2 N–H and O–H groups in total. The summed E-state index contributed by atoms with van der Waals surface area (Å²) in [6, 6.07) is 8.36. The lowest BCUT2D eigenvalue weighted by Crippen LogP contribution is -2.26. The number of aliphatic hydroxyl groups excluding tert-OH is 1. The predicted molar refractivity (Wildman–Crippen MR) is 80.6 cm³/mol. The van der Waals surface area contributed by atoms with Crippen LogP contribution in [0.15, 0.2) is 29.2 Å². The maximum Gasteiger partial charge on any atom is 0.230 e. The van der Waals surface area contributed by atoms with Crippen LogP contribution in [-0.4, -0.2) is 29.9 Å². The number of aliphatic hydroxyl groups is 1. The molecule has 3 nitrogen and oxygen atoms in total. The first-order chi connectivity index (χ1) is 8.93. The van der Waals surface area contributed by atoms with E-state index in [0.717, 1.165) is 4.90 Å². The van der Waals surface area contributed by atoms with Crippen molar-refractivity contribution in [2.24, 2.45) is 0 Å². The van der Waals surface area contributed by atoms with E-state index in [0.29, 0.717) is 18.7 Å². The Hall–Kier alpha value is -1.00. The molecule has 0 atom stereocenters. The molecule has 0 saturated heterocycles. The number of benzene rings is 1. The predicted octanol–water partition coefficient (Wildman–Crippen LogP) is 2.57. The molecule has 0 fully saturated rings. The lowest BCUT2D eigenvalue weighted by Gasteiger charge is -2.19. The second-order valence-corrected chi connectivity index (χ2v) is 6.54. The van der Waals surface area contributed by atoms with Crippen molar-refractivity contribution >= 4 is 17.7 Å². The number of hydrogen-bond acceptors (Lipinski definition) is 3. The van der Waals surface area contributed by atoms with Gasteiger partial charge in [-0.1, -0.05) is 32.9 Å². The van der Waals surface area contributed by atoms with Gasteiger partial charge in [-0.05, 0) is 29.5 Å². The first-order valence-corrected chi connectivity index (χ1v) is 7.53. The van der Waals surface area contributed by atoms with Crippen molar-refractivity contribution in [2.75, 3.05) is 18.9 Å². The van der Waals surface area contributed by atoms with E-state index in [4.69, 9.17) is 5.11 Å². The molecule has 0 unspecified atom stereocenters. The third-order valence-corrected chi connectivity index (χ3v) is 3.76. The Kier molecular flexibility index (Phi) is 6.38. The zero-order valence-electron chi connectivity index (χ0n) is 11.9. The average molecular weight is 281 g/mol. The Bertz CT molecular complexity index is 396. The number of nitrogens with one attached hydrogen (secondary N) is 1. The van der Waals surface area contributed by atoms with E-state index in [1.165, 1.54) is 17.3 Å². The summed E-state index contributed by atoms with van der Waals surface area (Å²) in [4.78, 5) is 12.6. The van der Waals surface area contributed by atoms with E-state index in [-0.39, 0.29) is 17.9 Å². The largest absolute Gasteiger partial charge is 0.396 e. The zero-order valence-corrected chi connectivity index (χ0v) is 12.7. The van der Waals surface area contributed by atoms with Crippen LogP contribution in [0.5, 0.6) is 0 Å². The minimum atomic E-state index is 0.0124. The Morgan fingerprint density at radius 1 is 1.26 bits per heavy atom. The van der Waals surface area contributed by atoms with Gasteiger partial charge in [0.15, 0.2) is 0 Å². The van der Waals surface area contributed by atoms with Gasteiger partial charge in [-0.3, -0.25) is 4.79 Å². The van der Waals surface area contributed by atoms with Crippen LogP contribution in [0.1, 0.15) is 32.8 Å². The van der Waals surface area contributed by atoms with E-state index in [1.807, 2.05) is 0 Å². The Balaban J connectivity index is 2.40. The maximum atomic E-state index is 11.5. The number of hydrogen-bond donors (Lipinski definition) is 2. The molecular weight excluding hydrogens is 258 g/mol. The molecule has 0 spiro atoms. The van der Waals surface area contributed by atoms with Crippen LogP contribution >= 0.6 is 11.8 Å². The molecule has 1 rings (SSSR count). The van der Waals surface area contributed by atoms with Crippen LogP contribution in [-0.2, 0) is 10.2 Å². The summed E-state index contributed by atoms with van der Waals surface area (Å²) in [6.45, 7) is 7.21. The van der Waals surface area contributed by atoms with Gasteiger partial charge in [-0.25, -0.2) is 0 Å². The lowest BCUT2D eigenvalue weighted by molar-refractivity contribution is -0.118. The maximum absolute atomic E-state index is 11.5. The van der Waals surface area contributed by atoms with Gasteiger partial charge in [-0.2, -0.15) is 0 Å². The van der Waals surface area contributed by atoms with E-state index in [9.17, 15) is 4.79 Å². The van der Waals surface area contributed by atoms with Gasteiger partial charge in [-0.15, -0.1) is 11.8 Å². The highest BCUT2D eigenvalue weighted by Gasteiger charge is 2.13. The molecule has 0 aliphatic heterocycles. The van der Waals surface area contributed by atoms with Crippen LogP contribution in [0.25, 0.3) is 0 Å². The molecule has 0 aromatic heterocycles. The quantitative estimate of drug-likeness (QED) is 0.622. The van der Waals surface area contributed by atoms with Crippen LogP contribution in [0, 0.1) is 0 Å². The van der Waals surface area contributed by atoms with Crippen LogP contribution in [0.3, 0.4) is 0 Å². The average Bonchev–Trinajstić information content (AvgIpc) is 2.36. The highest BCUT2D eigenvalue weighted by Crippen LogP contribution is 2.25. The van der Waals surface area contributed by atoms with E-state index in [1.54, 1.807) is 0 Å². The number of carbonyl (C=O) groups excluding carboxylic acids is 1. The van der Waals surface area contributed by atoms with Crippen molar-refractivity contribution in [3.63, 3.8) is 0 Å². The normalized spacial score (nSPS) is 11.4. The summed E-state index contributed by atoms with van der Waals surface area (Å²) in [5.41, 5.74) is 1.45. The Morgan fingerprint density at radius 3 is 2.42 bits per heavy atom. The Labute approximate surface area is 119 Å². The smallest absolute Gasteiger partial charge is 0.230 e. The fraction of sp³-hybridized carbons (Fsp3) is 0.533. The highest BCUT2D eigenvalue weighted by molar-refractivity contribution is 8.00. The number of amides is 1. The molecule has 0 aliphatic rings. The van der Waals surface area contributed by atoms with Gasteiger partial charge < -0.3 is 10.4 Å². The van der Waals surface area contributed by atoms with Crippen molar-refractivity contribution in [3.8, 4) is 0 Å². The van der Waals surface area contributed by atoms with Crippen molar-refractivity contribution < 1.29 is 9.90 Å².